The molecule has 3 aromatic rings. The number of hydrogen-bond donors (Lipinski definition) is 1. The Labute approximate surface area is 199 Å². The first-order chi connectivity index (χ1) is 16.9. The average Bonchev–Trinajstić information content (AvgIpc) is 3.35. The number of amides is 2. The monoisotopic (exact) mass is 475 g/mol. The van der Waals surface area contributed by atoms with Crippen molar-refractivity contribution >= 4 is 40.4 Å². The molecule has 178 valence electrons. The number of aromatic amines is 1. The number of aromatic nitrogens is 1. The van der Waals surface area contributed by atoms with Crippen LogP contribution in [0.15, 0.2) is 66.6 Å². The highest BCUT2D eigenvalue weighted by Gasteiger charge is 2.34. The van der Waals surface area contributed by atoms with Gasteiger partial charge in [0.1, 0.15) is 5.70 Å². The van der Waals surface area contributed by atoms with E-state index in [1.807, 2.05) is 0 Å². The zero-order chi connectivity index (χ0) is 25.1. The predicted octanol–water partition coefficient (Wildman–Crippen LogP) is 2.14. The normalized spacial score (nSPS) is 13.3. The number of nitrogens with one attached hydrogen (secondary N) is 1. The Morgan fingerprint density at radius 1 is 0.829 bits per heavy atom. The summed E-state index contributed by atoms with van der Waals surface area (Å²) < 4.78 is 9.56. The number of nitrogens with zero attached hydrogens (tertiary/aromatic N) is 2. The van der Waals surface area contributed by atoms with E-state index in [0.717, 1.165) is 18.2 Å². The molecule has 0 saturated carbocycles. The summed E-state index contributed by atoms with van der Waals surface area (Å²) in [6, 6.07) is 13.1. The van der Waals surface area contributed by atoms with Crippen molar-refractivity contribution in [1.82, 2.24) is 14.8 Å². The first-order valence-electron chi connectivity index (χ1n) is 10.6. The largest absolute Gasteiger partial charge is 0.465 e. The molecule has 0 fully saturated rings. The van der Waals surface area contributed by atoms with Crippen molar-refractivity contribution in [1.29, 1.82) is 0 Å². The van der Waals surface area contributed by atoms with E-state index in [4.69, 9.17) is 9.47 Å². The van der Waals surface area contributed by atoms with Gasteiger partial charge in [0.05, 0.1) is 30.9 Å². The van der Waals surface area contributed by atoms with Crippen LogP contribution in [0.2, 0.25) is 0 Å². The number of benzene rings is 2. The summed E-state index contributed by atoms with van der Waals surface area (Å²) in [5.74, 6) is -3.60. The third kappa shape index (κ3) is 4.29. The lowest BCUT2D eigenvalue weighted by Crippen LogP contribution is -2.47. The fraction of sp³-hybridized carbons (Fsp3) is 0.160. The predicted molar refractivity (Wildman–Crippen MR) is 123 cm³/mol. The minimum absolute atomic E-state index is 0.0145. The van der Waals surface area contributed by atoms with Gasteiger partial charge in [0.25, 0.3) is 17.6 Å². The van der Waals surface area contributed by atoms with Crippen molar-refractivity contribution in [3.05, 3.63) is 83.3 Å². The molecule has 1 aliphatic rings. The summed E-state index contributed by atoms with van der Waals surface area (Å²) in [4.78, 5) is 68.7. The molecule has 2 heterocycles. The summed E-state index contributed by atoms with van der Waals surface area (Å²) in [6.07, 6.45) is 2.49. The summed E-state index contributed by atoms with van der Waals surface area (Å²) >= 11 is 0. The van der Waals surface area contributed by atoms with Gasteiger partial charge in [-0.25, -0.2) is 9.59 Å². The highest BCUT2D eigenvalue weighted by atomic mass is 16.5. The van der Waals surface area contributed by atoms with Crippen LogP contribution in [0.3, 0.4) is 0 Å². The number of methoxy groups -OCH3 is 2. The van der Waals surface area contributed by atoms with Crippen LogP contribution in [0.25, 0.3) is 10.9 Å². The van der Waals surface area contributed by atoms with Crippen LogP contribution in [-0.4, -0.2) is 71.6 Å². The molecule has 2 aromatic carbocycles. The van der Waals surface area contributed by atoms with Gasteiger partial charge in [0.2, 0.25) is 0 Å². The van der Waals surface area contributed by atoms with Gasteiger partial charge in [-0.15, -0.1) is 0 Å². The lowest BCUT2D eigenvalue weighted by atomic mass is 10.1. The fourth-order valence-corrected chi connectivity index (χ4v) is 3.85. The second-order valence-electron chi connectivity index (χ2n) is 7.58. The van der Waals surface area contributed by atoms with Crippen LogP contribution in [0, 0.1) is 0 Å². The molecule has 2 amide bonds. The van der Waals surface area contributed by atoms with Gasteiger partial charge in [0, 0.05) is 36.4 Å². The Morgan fingerprint density at radius 2 is 1.54 bits per heavy atom. The molecule has 35 heavy (non-hydrogen) atoms. The van der Waals surface area contributed by atoms with E-state index in [1.54, 1.807) is 42.5 Å². The summed E-state index contributed by atoms with van der Waals surface area (Å²) in [7, 11) is 2.40. The molecule has 1 aliphatic heterocycles. The number of rotatable bonds is 5. The first kappa shape index (κ1) is 23.4. The molecular weight excluding hydrogens is 454 g/mol. The van der Waals surface area contributed by atoms with E-state index in [0.29, 0.717) is 16.5 Å². The number of hydrogen-bond acceptors (Lipinski definition) is 7. The van der Waals surface area contributed by atoms with E-state index in [1.165, 1.54) is 24.3 Å². The second-order valence-corrected chi connectivity index (χ2v) is 7.58. The average molecular weight is 475 g/mol. The van der Waals surface area contributed by atoms with Crippen LogP contribution in [0.1, 0.15) is 31.1 Å². The minimum Gasteiger partial charge on any atom is -0.465 e. The summed E-state index contributed by atoms with van der Waals surface area (Å²) in [5.41, 5.74) is 0.836. The van der Waals surface area contributed by atoms with Gasteiger partial charge in [-0.1, -0.05) is 30.3 Å². The second kappa shape index (κ2) is 9.64. The maximum Gasteiger partial charge on any atom is 0.356 e. The Hall–Kier alpha value is -4.73. The van der Waals surface area contributed by atoms with Crippen LogP contribution in [-0.2, 0) is 19.1 Å². The zero-order valence-electron chi connectivity index (χ0n) is 18.9. The number of fused-ring (bicyclic) bond motifs is 1. The Morgan fingerprint density at radius 3 is 2.23 bits per heavy atom. The fourth-order valence-electron chi connectivity index (χ4n) is 3.85. The number of Topliss-reactive ketones (excluding diaryl/α,β-unsaturated/α-hetero) is 1. The molecule has 0 saturated heterocycles. The Kier molecular flexibility index (Phi) is 6.45. The molecule has 0 aliphatic carbocycles. The SMILES string of the molecule is COC(=O)C1=CN(C(=O)C(=O)c2c[nH]c3c(C(=O)OC)cccc23)CCN1C(=O)c1ccccc1. The first-order valence-corrected chi connectivity index (χ1v) is 10.6. The molecule has 0 unspecified atom stereocenters. The topological polar surface area (TPSA) is 126 Å². The van der Waals surface area contributed by atoms with Crippen molar-refractivity contribution in [2.45, 2.75) is 0 Å². The third-order valence-corrected chi connectivity index (χ3v) is 5.61. The molecule has 0 atom stereocenters. The molecule has 0 radical (unpaired) electrons. The maximum absolute atomic E-state index is 13.1. The highest BCUT2D eigenvalue weighted by molar-refractivity contribution is 6.45. The molecular formula is C25H21N3O7. The molecule has 0 bridgehead atoms. The highest BCUT2D eigenvalue weighted by Crippen LogP contribution is 2.24. The number of H-pyrrole nitrogens is 1. The van der Waals surface area contributed by atoms with Gasteiger partial charge < -0.3 is 19.4 Å². The number of carbonyl (C=O) groups is 5. The third-order valence-electron chi connectivity index (χ3n) is 5.61. The molecule has 1 aromatic heterocycles. The Bertz CT molecular complexity index is 1370. The van der Waals surface area contributed by atoms with Crippen molar-refractivity contribution < 1.29 is 33.4 Å². The summed E-state index contributed by atoms with van der Waals surface area (Å²) in [5, 5.41) is 0.376. The number of ether oxygens (including phenoxy) is 2. The lowest BCUT2D eigenvalue weighted by molar-refractivity contribution is -0.138. The molecule has 10 heteroatoms. The van der Waals surface area contributed by atoms with E-state index < -0.39 is 29.5 Å². The molecule has 4 rings (SSSR count). The van der Waals surface area contributed by atoms with Gasteiger partial charge >= 0.3 is 11.9 Å². The van der Waals surface area contributed by atoms with Crippen LogP contribution >= 0.6 is 0 Å². The van der Waals surface area contributed by atoms with E-state index in [-0.39, 0.29) is 29.9 Å². The van der Waals surface area contributed by atoms with Crippen molar-refractivity contribution in [3.63, 3.8) is 0 Å². The summed E-state index contributed by atoms with van der Waals surface area (Å²) in [6.45, 7) is -0.0343. The van der Waals surface area contributed by atoms with Crippen molar-refractivity contribution in [3.8, 4) is 0 Å². The minimum atomic E-state index is -0.900. The quantitative estimate of drug-likeness (QED) is 0.340. The standard InChI is InChI=1S/C25H21N3O7/c1-34-24(32)17-10-6-9-16-18(13-26-20(16)17)21(29)23(31)27-11-12-28(19(14-27)25(33)35-2)22(30)15-7-4-3-5-8-15/h3-10,13-14,26H,11-12H2,1-2H3. The smallest absolute Gasteiger partial charge is 0.356 e. The van der Waals surface area contributed by atoms with Crippen molar-refractivity contribution in [2.24, 2.45) is 0 Å². The number of carbonyl (C=O) groups excluding carboxylic acids is 5. The number of para-hydroxylation sites is 1. The van der Waals surface area contributed by atoms with Gasteiger partial charge in [-0.05, 0) is 18.2 Å². The Balaban J connectivity index is 1.65. The van der Waals surface area contributed by atoms with Gasteiger partial charge in [0.15, 0.2) is 0 Å². The van der Waals surface area contributed by atoms with E-state index in [9.17, 15) is 24.0 Å². The lowest BCUT2D eigenvalue weighted by Gasteiger charge is -2.32. The zero-order valence-corrected chi connectivity index (χ0v) is 18.9. The molecule has 1 N–H and O–H groups in total. The van der Waals surface area contributed by atoms with Crippen LogP contribution < -0.4 is 0 Å². The van der Waals surface area contributed by atoms with Gasteiger partial charge in [-0.3, -0.25) is 19.3 Å². The number of ketones is 1. The molecule has 10 nitrogen and oxygen atoms in total. The van der Waals surface area contributed by atoms with E-state index in [2.05, 4.69) is 4.98 Å². The van der Waals surface area contributed by atoms with Gasteiger partial charge in [-0.2, -0.15) is 0 Å². The maximum atomic E-state index is 13.1. The molecule has 0 spiro atoms. The van der Waals surface area contributed by atoms with Crippen molar-refractivity contribution in [2.75, 3.05) is 27.3 Å². The van der Waals surface area contributed by atoms with E-state index >= 15 is 0 Å². The number of esters is 2. The van der Waals surface area contributed by atoms with Crippen LogP contribution in [0.4, 0.5) is 0 Å². The van der Waals surface area contributed by atoms with Crippen LogP contribution in [0.5, 0.6) is 0 Å².